The zero-order valence-electron chi connectivity index (χ0n) is 12.4. The van der Waals surface area contributed by atoms with Crippen molar-refractivity contribution in [3.05, 3.63) is 16.5 Å². The Morgan fingerprint density at radius 1 is 1.48 bits per heavy atom. The Labute approximate surface area is 128 Å². The molecule has 21 heavy (non-hydrogen) atoms. The largest absolute Gasteiger partial charge is 0.462 e. The monoisotopic (exact) mass is 311 g/mol. The second kappa shape index (κ2) is 7.56. The lowest BCUT2D eigenvalue weighted by molar-refractivity contribution is -0.124. The molecule has 6 heteroatoms. The zero-order valence-corrected chi connectivity index (χ0v) is 13.3. The van der Waals surface area contributed by atoms with Crippen molar-refractivity contribution in [3.8, 4) is 0 Å². The van der Waals surface area contributed by atoms with E-state index in [4.69, 9.17) is 9.47 Å². The quantitative estimate of drug-likeness (QED) is 0.820. The van der Waals surface area contributed by atoms with Gasteiger partial charge in [-0.05, 0) is 32.3 Å². The minimum Gasteiger partial charge on any atom is -0.462 e. The molecule has 1 aliphatic heterocycles. The van der Waals surface area contributed by atoms with Gasteiger partial charge in [-0.2, -0.15) is 0 Å². The van der Waals surface area contributed by atoms with Crippen molar-refractivity contribution in [2.75, 3.05) is 18.5 Å². The Bertz CT molecular complexity index is 506. The molecule has 1 fully saturated rings. The summed E-state index contributed by atoms with van der Waals surface area (Å²) in [5.41, 5.74) is 0.441. The predicted molar refractivity (Wildman–Crippen MR) is 81.9 cm³/mol. The van der Waals surface area contributed by atoms with Crippen LogP contribution in [0.4, 0.5) is 5.00 Å². The van der Waals surface area contributed by atoms with Gasteiger partial charge in [-0.1, -0.05) is 13.3 Å². The number of aryl methyl sites for hydroxylation is 1. The highest BCUT2D eigenvalue weighted by molar-refractivity contribution is 7.16. The average molecular weight is 311 g/mol. The van der Waals surface area contributed by atoms with Crippen LogP contribution in [0.5, 0.6) is 0 Å². The van der Waals surface area contributed by atoms with Gasteiger partial charge in [-0.3, -0.25) is 4.79 Å². The highest BCUT2D eigenvalue weighted by Crippen LogP contribution is 2.30. The third-order valence-corrected chi connectivity index (χ3v) is 4.34. The number of carbonyl (C=O) groups excluding carboxylic acids is 2. The van der Waals surface area contributed by atoms with Gasteiger partial charge >= 0.3 is 5.97 Å². The van der Waals surface area contributed by atoms with Crippen LogP contribution in [0.15, 0.2) is 6.07 Å². The molecular weight excluding hydrogens is 290 g/mol. The van der Waals surface area contributed by atoms with Crippen LogP contribution in [0.3, 0.4) is 0 Å². The van der Waals surface area contributed by atoms with E-state index in [9.17, 15) is 9.59 Å². The van der Waals surface area contributed by atoms with Crippen molar-refractivity contribution in [1.29, 1.82) is 0 Å². The van der Waals surface area contributed by atoms with E-state index < -0.39 is 12.1 Å². The van der Waals surface area contributed by atoms with Gasteiger partial charge < -0.3 is 14.8 Å². The minimum atomic E-state index is -0.406. The number of nitrogens with one attached hydrogen (secondary N) is 1. The molecular formula is C15H21NO4S. The fourth-order valence-electron chi connectivity index (χ4n) is 2.24. The smallest absolute Gasteiger partial charge is 0.341 e. The van der Waals surface area contributed by atoms with Crippen LogP contribution in [0, 0.1) is 0 Å². The van der Waals surface area contributed by atoms with Gasteiger partial charge in [-0.25, -0.2) is 4.79 Å². The fourth-order valence-corrected chi connectivity index (χ4v) is 3.39. The second-order valence-electron chi connectivity index (χ2n) is 4.92. The molecule has 0 radical (unpaired) electrons. The van der Waals surface area contributed by atoms with Crippen LogP contribution in [-0.4, -0.2) is 31.2 Å². The molecule has 0 aromatic carbocycles. The lowest BCUT2D eigenvalue weighted by Gasteiger charge is -2.10. The number of carbonyl (C=O) groups is 2. The van der Waals surface area contributed by atoms with Gasteiger partial charge in [0.15, 0.2) is 0 Å². The van der Waals surface area contributed by atoms with Crippen molar-refractivity contribution in [1.82, 2.24) is 0 Å². The topological polar surface area (TPSA) is 64.6 Å². The molecule has 0 bridgehead atoms. The normalized spacial score (nSPS) is 17.7. The van der Waals surface area contributed by atoms with E-state index in [0.29, 0.717) is 23.8 Å². The molecule has 1 saturated heterocycles. The minimum absolute atomic E-state index is 0.178. The molecule has 2 rings (SSSR count). The van der Waals surface area contributed by atoms with E-state index in [-0.39, 0.29) is 5.91 Å². The van der Waals surface area contributed by atoms with Gasteiger partial charge in [0.2, 0.25) is 0 Å². The Balaban J connectivity index is 2.15. The number of thiophene rings is 1. The summed E-state index contributed by atoms with van der Waals surface area (Å²) in [4.78, 5) is 25.2. The Morgan fingerprint density at radius 2 is 2.29 bits per heavy atom. The summed E-state index contributed by atoms with van der Waals surface area (Å²) in [6.45, 7) is 4.78. The first-order valence-electron chi connectivity index (χ1n) is 7.38. The molecule has 1 aromatic rings. The summed E-state index contributed by atoms with van der Waals surface area (Å²) in [5.74, 6) is -0.568. The first kappa shape index (κ1) is 16.0. The number of amides is 1. The molecule has 0 spiro atoms. The third kappa shape index (κ3) is 4.04. The van der Waals surface area contributed by atoms with Crippen LogP contribution in [0.25, 0.3) is 0 Å². The molecule has 1 N–H and O–H groups in total. The van der Waals surface area contributed by atoms with Gasteiger partial charge in [0, 0.05) is 11.5 Å². The van der Waals surface area contributed by atoms with E-state index >= 15 is 0 Å². The van der Waals surface area contributed by atoms with Crippen LogP contribution in [0.2, 0.25) is 0 Å². The maximum Gasteiger partial charge on any atom is 0.341 e. The Kier molecular flexibility index (Phi) is 5.76. The number of ether oxygens (including phenoxy) is 2. The van der Waals surface area contributed by atoms with Crippen molar-refractivity contribution in [2.24, 2.45) is 0 Å². The maximum atomic E-state index is 12.1. The van der Waals surface area contributed by atoms with Gasteiger partial charge in [0.25, 0.3) is 5.91 Å². The second-order valence-corrected chi connectivity index (χ2v) is 6.05. The van der Waals surface area contributed by atoms with E-state index in [1.54, 1.807) is 6.92 Å². The molecule has 1 atom stereocenters. The van der Waals surface area contributed by atoms with Crippen LogP contribution in [0.1, 0.15) is 48.3 Å². The van der Waals surface area contributed by atoms with Gasteiger partial charge in [0.1, 0.15) is 11.1 Å². The Morgan fingerprint density at radius 3 is 2.90 bits per heavy atom. The summed E-state index contributed by atoms with van der Waals surface area (Å²) in [5, 5.41) is 3.39. The maximum absolute atomic E-state index is 12.1. The van der Waals surface area contributed by atoms with E-state index in [1.165, 1.54) is 11.3 Å². The summed E-state index contributed by atoms with van der Waals surface area (Å²) in [7, 11) is 0. The highest BCUT2D eigenvalue weighted by atomic mass is 32.1. The van der Waals surface area contributed by atoms with Crippen molar-refractivity contribution in [2.45, 2.75) is 45.6 Å². The van der Waals surface area contributed by atoms with Crippen molar-refractivity contribution in [3.63, 3.8) is 0 Å². The molecule has 1 aromatic heterocycles. The molecule has 5 nitrogen and oxygen atoms in total. The summed E-state index contributed by atoms with van der Waals surface area (Å²) >= 11 is 1.44. The predicted octanol–water partition coefficient (Wildman–Crippen LogP) is 2.99. The third-order valence-electron chi connectivity index (χ3n) is 3.23. The molecule has 2 heterocycles. The van der Waals surface area contributed by atoms with Gasteiger partial charge in [0.05, 0.1) is 12.2 Å². The standard InChI is InChI=1S/C15H21NO4S/c1-3-6-10-9-11(15(18)19-4-2)14(21-10)16-13(17)12-7-5-8-20-12/h9,12H,3-8H2,1-2H3,(H,16,17)/t12-/m0/s1. The average Bonchev–Trinajstić information content (AvgIpc) is 3.09. The number of hydrogen-bond acceptors (Lipinski definition) is 5. The van der Waals surface area contributed by atoms with Crippen LogP contribution in [-0.2, 0) is 20.7 Å². The van der Waals surface area contributed by atoms with E-state index in [1.807, 2.05) is 6.07 Å². The lowest BCUT2D eigenvalue weighted by Crippen LogP contribution is -2.27. The highest BCUT2D eigenvalue weighted by Gasteiger charge is 2.26. The number of rotatable bonds is 6. The van der Waals surface area contributed by atoms with E-state index in [2.05, 4.69) is 12.2 Å². The number of anilines is 1. The summed E-state index contributed by atoms with van der Waals surface area (Å²) in [6, 6.07) is 1.82. The van der Waals surface area contributed by atoms with Crippen molar-refractivity contribution >= 4 is 28.2 Å². The first-order chi connectivity index (χ1) is 10.2. The number of esters is 1. The molecule has 0 aliphatic carbocycles. The molecule has 1 aliphatic rings. The van der Waals surface area contributed by atoms with E-state index in [0.717, 1.165) is 30.6 Å². The Hall–Kier alpha value is -1.40. The summed E-state index contributed by atoms with van der Waals surface area (Å²) in [6.07, 6.45) is 3.09. The fraction of sp³-hybridized carbons (Fsp3) is 0.600. The van der Waals surface area contributed by atoms with Crippen LogP contribution < -0.4 is 5.32 Å². The number of hydrogen-bond donors (Lipinski definition) is 1. The lowest BCUT2D eigenvalue weighted by atomic mass is 10.2. The van der Waals surface area contributed by atoms with Gasteiger partial charge in [-0.15, -0.1) is 11.3 Å². The van der Waals surface area contributed by atoms with Crippen LogP contribution >= 0.6 is 11.3 Å². The SMILES string of the molecule is CCCc1cc(C(=O)OCC)c(NC(=O)[C@@H]2CCCO2)s1. The molecule has 1 amide bonds. The van der Waals surface area contributed by atoms with Crippen molar-refractivity contribution < 1.29 is 19.1 Å². The zero-order chi connectivity index (χ0) is 15.2. The molecule has 0 unspecified atom stereocenters. The summed E-state index contributed by atoms with van der Waals surface area (Å²) < 4.78 is 10.4. The first-order valence-corrected chi connectivity index (χ1v) is 8.19. The molecule has 116 valence electrons. The molecule has 0 saturated carbocycles.